The smallest absolute Gasteiger partial charge is 0.411 e. The Morgan fingerprint density at radius 1 is 1.39 bits per heavy atom. The van der Waals surface area contributed by atoms with Gasteiger partial charge in [-0.25, -0.2) is 4.79 Å². The zero-order valence-corrected chi connectivity index (χ0v) is 12.7. The molecule has 1 aromatic carbocycles. The third-order valence-electron chi connectivity index (χ3n) is 2.30. The quantitative estimate of drug-likeness (QED) is 0.897. The largest absolute Gasteiger partial charge is 0.453 e. The molecule has 0 spiro atoms. The van der Waals surface area contributed by atoms with Gasteiger partial charge in [0.2, 0.25) is 0 Å². The van der Waals surface area contributed by atoms with E-state index in [1.807, 2.05) is 18.2 Å². The summed E-state index contributed by atoms with van der Waals surface area (Å²) in [5.41, 5.74) is 1.78. The van der Waals surface area contributed by atoms with Crippen LogP contribution >= 0.6 is 15.9 Å². The number of amides is 1. The molecule has 4 nitrogen and oxygen atoms in total. The Balaban J connectivity index is 2.86. The summed E-state index contributed by atoms with van der Waals surface area (Å²) >= 11 is 3.39. The summed E-state index contributed by atoms with van der Waals surface area (Å²) in [5, 5.41) is 6.09. The Morgan fingerprint density at radius 2 is 2.06 bits per heavy atom. The Bertz CT molecular complexity index is 427. The minimum Gasteiger partial charge on any atom is -0.453 e. The molecule has 0 unspecified atom stereocenters. The molecule has 5 heteroatoms. The van der Waals surface area contributed by atoms with Gasteiger partial charge in [-0.1, -0.05) is 22.0 Å². The number of rotatable bonds is 3. The van der Waals surface area contributed by atoms with Crippen LogP contribution in [-0.4, -0.2) is 18.7 Å². The van der Waals surface area contributed by atoms with E-state index in [-0.39, 0.29) is 5.54 Å². The fraction of sp³-hybridized carbons (Fsp3) is 0.462. The number of halogens is 1. The van der Waals surface area contributed by atoms with Crippen LogP contribution in [0.25, 0.3) is 0 Å². The number of hydrogen-bond donors (Lipinski definition) is 2. The average Bonchev–Trinajstić information content (AvgIpc) is 2.26. The molecule has 0 aromatic heterocycles. The molecule has 0 bridgehead atoms. The lowest BCUT2D eigenvalue weighted by Gasteiger charge is -2.21. The van der Waals surface area contributed by atoms with Crippen molar-refractivity contribution in [3.63, 3.8) is 0 Å². The third-order valence-corrected chi connectivity index (χ3v) is 2.80. The average molecular weight is 315 g/mol. The normalized spacial score (nSPS) is 11.2. The van der Waals surface area contributed by atoms with Gasteiger partial charge in [-0.05, 0) is 38.5 Å². The van der Waals surface area contributed by atoms with Crippen LogP contribution in [0.1, 0.15) is 26.3 Å². The second-order valence-corrected chi connectivity index (χ2v) is 5.94. The van der Waals surface area contributed by atoms with Crippen molar-refractivity contribution in [2.24, 2.45) is 0 Å². The maximum absolute atomic E-state index is 11.3. The maximum Gasteiger partial charge on any atom is 0.411 e. The molecular weight excluding hydrogens is 296 g/mol. The summed E-state index contributed by atoms with van der Waals surface area (Å²) in [5.74, 6) is 0. The minimum absolute atomic E-state index is 0.0234. The highest BCUT2D eigenvalue weighted by Gasteiger charge is 2.12. The first-order valence-electron chi connectivity index (χ1n) is 5.70. The van der Waals surface area contributed by atoms with Crippen LogP contribution in [0.2, 0.25) is 0 Å². The Morgan fingerprint density at radius 3 is 2.61 bits per heavy atom. The van der Waals surface area contributed by atoms with E-state index in [0.717, 1.165) is 15.7 Å². The molecule has 100 valence electrons. The van der Waals surface area contributed by atoms with Gasteiger partial charge < -0.3 is 10.1 Å². The summed E-state index contributed by atoms with van der Waals surface area (Å²) in [4.78, 5) is 11.3. The summed E-state index contributed by atoms with van der Waals surface area (Å²) < 4.78 is 5.52. The van der Waals surface area contributed by atoms with E-state index in [1.165, 1.54) is 7.11 Å². The second-order valence-electron chi connectivity index (χ2n) is 5.02. The van der Waals surface area contributed by atoms with Gasteiger partial charge in [-0.3, -0.25) is 5.32 Å². The Labute approximate surface area is 116 Å². The molecule has 0 radical (unpaired) electrons. The van der Waals surface area contributed by atoms with Crippen LogP contribution in [0.5, 0.6) is 0 Å². The van der Waals surface area contributed by atoms with Crippen molar-refractivity contribution in [2.45, 2.75) is 32.9 Å². The molecule has 2 N–H and O–H groups in total. The summed E-state index contributed by atoms with van der Waals surface area (Å²) in [6, 6.07) is 5.77. The van der Waals surface area contributed by atoms with Crippen molar-refractivity contribution in [2.75, 3.05) is 12.4 Å². The first kappa shape index (κ1) is 15.0. The monoisotopic (exact) mass is 314 g/mol. The first-order chi connectivity index (χ1) is 8.31. The molecule has 0 saturated carbocycles. The van der Waals surface area contributed by atoms with Crippen LogP contribution in [0.4, 0.5) is 10.5 Å². The van der Waals surface area contributed by atoms with Gasteiger partial charge in [-0.15, -0.1) is 0 Å². The van der Waals surface area contributed by atoms with E-state index in [1.54, 1.807) is 0 Å². The van der Waals surface area contributed by atoms with Crippen LogP contribution in [0, 0.1) is 0 Å². The number of carbonyl (C=O) groups excluding carboxylic acids is 1. The summed E-state index contributed by atoms with van der Waals surface area (Å²) in [6.07, 6.45) is -0.467. The van der Waals surface area contributed by atoms with Gasteiger partial charge in [0.05, 0.1) is 7.11 Å². The molecule has 0 aliphatic carbocycles. The number of benzene rings is 1. The Kier molecular flexibility index (Phi) is 5.16. The highest BCUT2D eigenvalue weighted by molar-refractivity contribution is 9.10. The van der Waals surface area contributed by atoms with Crippen LogP contribution in [-0.2, 0) is 11.3 Å². The lowest BCUT2D eigenvalue weighted by Crippen LogP contribution is -2.35. The summed E-state index contributed by atoms with van der Waals surface area (Å²) in [7, 11) is 1.35. The predicted octanol–water partition coefficient (Wildman–Crippen LogP) is 3.52. The van der Waals surface area contributed by atoms with Crippen molar-refractivity contribution >= 4 is 27.7 Å². The standard InChI is InChI=1S/C13H19BrN2O2/c1-13(2,3)15-8-9-5-6-10(14)7-11(9)16-12(17)18-4/h5-7,15H,8H2,1-4H3,(H,16,17). The lowest BCUT2D eigenvalue weighted by atomic mass is 10.1. The number of ether oxygens (including phenoxy) is 1. The van der Waals surface area contributed by atoms with Crippen molar-refractivity contribution in [1.82, 2.24) is 5.32 Å². The Hall–Kier alpha value is -1.07. The van der Waals surface area contributed by atoms with Crippen molar-refractivity contribution in [3.05, 3.63) is 28.2 Å². The van der Waals surface area contributed by atoms with Crippen molar-refractivity contribution in [1.29, 1.82) is 0 Å². The van der Waals surface area contributed by atoms with Gasteiger partial charge in [-0.2, -0.15) is 0 Å². The second kappa shape index (κ2) is 6.20. The number of hydrogen-bond acceptors (Lipinski definition) is 3. The number of anilines is 1. The molecule has 0 heterocycles. The van der Waals surface area contributed by atoms with Crippen molar-refractivity contribution in [3.8, 4) is 0 Å². The number of carbonyl (C=O) groups is 1. The molecule has 1 aromatic rings. The zero-order chi connectivity index (χ0) is 13.8. The van der Waals surface area contributed by atoms with E-state index < -0.39 is 6.09 Å². The van der Waals surface area contributed by atoms with E-state index in [9.17, 15) is 4.79 Å². The van der Waals surface area contributed by atoms with E-state index >= 15 is 0 Å². The zero-order valence-electron chi connectivity index (χ0n) is 11.1. The maximum atomic E-state index is 11.3. The third kappa shape index (κ3) is 5.06. The molecule has 0 atom stereocenters. The molecule has 1 rings (SSSR count). The van der Waals surface area contributed by atoms with Gasteiger partial charge in [0.1, 0.15) is 0 Å². The highest BCUT2D eigenvalue weighted by atomic mass is 79.9. The molecule has 18 heavy (non-hydrogen) atoms. The minimum atomic E-state index is -0.467. The van der Waals surface area contributed by atoms with Crippen LogP contribution < -0.4 is 10.6 Å². The van der Waals surface area contributed by atoms with Gasteiger partial charge in [0.25, 0.3) is 0 Å². The lowest BCUT2D eigenvalue weighted by molar-refractivity contribution is 0.187. The van der Waals surface area contributed by atoms with Gasteiger partial charge >= 0.3 is 6.09 Å². The van der Waals surface area contributed by atoms with E-state index in [4.69, 9.17) is 0 Å². The predicted molar refractivity (Wildman–Crippen MR) is 76.8 cm³/mol. The fourth-order valence-electron chi connectivity index (χ4n) is 1.34. The molecule has 0 fully saturated rings. The SMILES string of the molecule is COC(=O)Nc1cc(Br)ccc1CNC(C)(C)C. The first-order valence-corrected chi connectivity index (χ1v) is 6.49. The molecule has 0 aliphatic heterocycles. The molecular formula is C13H19BrN2O2. The van der Waals surface area contributed by atoms with Gasteiger partial charge in [0.15, 0.2) is 0 Å². The van der Waals surface area contributed by atoms with Gasteiger partial charge in [0, 0.05) is 22.2 Å². The van der Waals surface area contributed by atoms with E-state index in [2.05, 4.69) is 52.1 Å². The van der Waals surface area contributed by atoms with Crippen LogP contribution in [0.3, 0.4) is 0 Å². The van der Waals surface area contributed by atoms with Crippen molar-refractivity contribution < 1.29 is 9.53 Å². The number of methoxy groups -OCH3 is 1. The highest BCUT2D eigenvalue weighted by Crippen LogP contribution is 2.22. The van der Waals surface area contributed by atoms with Crippen LogP contribution in [0.15, 0.2) is 22.7 Å². The summed E-state index contributed by atoms with van der Waals surface area (Å²) in [6.45, 7) is 6.97. The molecule has 1 amide bonds. The molecule has 0 aliphatic rings. The number of nitrogens with one attached hydrogen (secondary N) is 2. The van der Waals surface area contributed by atoms with E-state index in [0.29, 0.717) is 6.54 Å². The topological polar surface area (TPSA) is 50.4 Å². The molecule has 0 saturated heterocycles. The fourth-order valence-corrected chi connectivity index (χ4v) is 1.70.